The zero-order valence-electron chi connectivity index (χ0n) is 11.8. The van der Waals surface area contributed by atoms with Gasteiger partial charge in [0.1, 0.15) is 12.1 Å². The molecule has 0 fully saturated rings. The van der Waals surface area contributed by atoms with E-state index in [2.05, 4.69) is 0 Å². The van der Waals surface area contributed by atoms with Crippen molar-refractivity contribution in [2.45, 2.75) is 24.9 Å². The number of hydrogen-bond acceptors (Lipinski definition) is 6. The average molecular weight is 419 g/mol. The molecule has 6 nitrogen and oxygen atoms in total. The fraction of sp³-hybridized carbons (Fsp3) is 0.800. The van der Waals surface area contributed by atoms with Crippen LogP contribution in [-0.2, 0) is 46.1 Å². The Balaban J connectivity index is -0.000000116. The number of carboxylic acid groups (broad SMARTS) is 2. The maximum Gasteiger partial charge on any atom is 0.320 e. The molecule has 117 valence electrons. The predicted octanol–water partition coefficient (Wildman–Crippen LogP) is 0.298. The predicted molar refractivity (Wildman–Crippen MR) is 77.2 cm³/mol. The van der Waals surface area contributed by atoms with Gasteiger partial charge in [0.25, 0.3) is 0 Å². The summed E-state index contributed by atoms with van der Waals surface area (Å²) in [6.07, 6.45) is 4.95. The third kappa shape index (κ3) is 21.0. The Bertz CT molecular complexity index is 229. The molecule has 0 aromatic heterocycles. The molecule has 0 rings (SSSR count). The van der Waals surface area contributed by atoms with Gasteiger partial charge in [-0.15, -0.1) is 0 Å². The van der Waals surface area contributed by atoms with E-state index in [1.807, 2.05) is 12.5 Å². The van der Waals surface area contributed by atoms with E-state index in [9.17, 15) is 9.59 Å². The molecule has 20 heavy (non-hydrogen) atoms. The maximum absolute atomic E-state index is 10.1. The first-order valence-corrected chi connectivity index (χ1v) is 8.10. The minimum Gasteiger partial charge on any atom is -0.480 e. The molecule has 0 aliphatic rings. The largest absolute Gasteiger partial charge is 0.480 e. The van der Waals surface area contributed by atoms with Crippen molar-refractivity contribution in [2.24, 2.45) is 11.5 Å². The smallest absolute Gasteiger partial charge is 0.320 e. The molecule has 1 radical (unpaired) electrons. The quantitative estimate of drug-likeness (QED) is 0.414. The second-order valence-electron chi connectivity index (χ2n) is 3.45. The number of hydrogen-bond donors (Lipinski definition) is 4. The van der Waals surface area contributed by atoms with Gasteiger partial charge in [0.15, 0.2) is 0 Å². The van der Waals surface area contributed by atoms with Crippen LogP contribution in [0.15, 0.2) is 0 Å². The molecule has 0 saturated heterocycles. The van der Waals surface area contributed by atoms with Gasteiger partial charge >= 0.3 is 11.9 Å². The van der Waals surface area contributed by atoms with Gasteiger partial charge in [-0.1, -0.05) is 0 Å². The molecule has 0 amide bonds. The molecule has 0 bridgehead atoms. The van der Waals surface area contributed by atoms with Crippen molar-refractivity contribution in [3.05, 3.63) is 0 Å². The van der Waals surface area contributed by atoms with Crippen LogP contribution >= 0.6 is 23.5 Å². The summed E-state index contributed by atoms with van der Waals surface area (Å²) in [6.45, 7) is 0. The number of carboxylic acids is 2. The zero-order chi connectivity index (χ0) is 14.6. The molecule has 0 heterocycles. The summed E-state index contributed by atoms with van der Waals surface area (Å²) in [5, 5.41) is 16.5. The van der Waals surface area contributed by atoms with E-state index in [0.717, 1.165) is 11.5 Å². The van der Waals surface area contributed by atoms with Crippen molar-refractivity contribution in [3.63, 3.8) is 0 Å². The first-order chi connectivity index (χ1) is 8.36. The first-order valence-electron chi connectivity index (χ1n) is 5.31. The third-order valence-corrected chi connectivity index (χ3v) is 3.19. The van der Waals surface area contributed by atoms with E-state index in [4.69, 9.17) is 21.7 Å². The summed E-state index contributed by atoms with van der Waals surface area (Å²) >= 11 is 3.21. The number of carbonyl (C=O) groups is 2. The molecule has 0 aromatic rings. The van der Waals surface area contributed by atoms with Crippen LogP contribution in [0.3, 0.4) is 0 Å². The molecule has 0 spiro atoms. The molecular weight excluding hydrogens is 397 g/mol. The second-order valence-corrected chi connectivity index (χ2v) is 5.42. The van der Waals surface area contributed by atoms with Gasteiger partial charge in [-0.3, -0.25) is 9.59 Å². The Morgan fingerprint density at radius 3 is 1.35 bits per heavy atom. The molecule has 2 unspecified atom stereocenters. The summed E-state index contributed by atoms with van der Waals surface area (Å²) in [4.78, 5) is 20.1. The number of aliphatic carboxylic acids is 2. The summed E-state index contributed by atoms with van der Waals surface area (Å²) < 4.78 is 0. The fourth-order valence-electron chi connectivity index (χ4n) is 0.737. The Morgan fingerprint density at radius 2 is 1.20 bits per heavy atom. The van der Waals surface area contributed by atoms with Crippen molar-refractivity contribution in [2.75, 3.05) is 24.0 Å². The topological polar surface area (TPSA) is 127 Å². The minimum absolute atomic E-state index is 0. The van der Waals surface area contributed by atoms with Crippen molar-refractivity contribution in [1.29, 1.82) is 0 Å². The van der Waals surface area contributed by atoms with Gasteiger partial charge in [0.05, 0.1) is 0 Å². The summed E-state index contributed by atoms with van der Waals surface area (Å²) in [5.74, 6) is -0.200. The number of rotatable bonds is 8. The van der Waals surface area contributed by atoms with Gasteiger partial charge in [0.2, 0.25) is 0 Å². The van der Waals surface area contributed by atoms with E-state index in [-0.39, 0.29) is 36.5 Å². The number of nitrogens with two attached hydrogens (primary N) is 2. The molecular formula is C10H22MnN2O4S2Zn. The van der Waals surface area contributed by atoms with Crippen LogP contribution in [0.25, 0.3) is 0 Å². The van der Waals surface area contributed by atoms with E-state index in [1.165, 1.54) is 0 Å². The van der Waals surface area contributed by atoms with Crippen LogP contribution in [0.2, 0.25) is 0 Å². The fourth-order valence-corrected chi connectivity index (χ4v) is 1.72. The van der Waals surface area contributed by atoms with E-state index < -0.39 is 24.0 Å². The Labute approximate surface area is 151 Å². The van der Waals surface area contributed by atoms with Crippen molar-refractivity contribution < 1.29 is 56.3 Å². The van der Waals surface area contributed by atoms with Crippen molar-refractivity contribution in [3.8, 4) is 0 Å². The van der Waals surface area contributed by atoms with Crippen LogP contribution in [0.5, 0.6) is 0 Å². The second kappa shape index (κ2) is 19.7. The molecule has 6 N–H and O–H groups in total. The van der Waals surface area contributed by atoms with Crippen LogP contribution in [0.4, 0.5) is 0 Å². The summed E-state index contributed by atoms with van der Waals surface area (Å²) in [7, 11) is 0. The molecule has 2 atom stereocenters. The van der Waals surface area contributed by atoms with Crippen LogP contribution in [-0.4, -0.2) is 58.3 Å². The van der Waals surface area contributed by atoms with Crippen molar-refractivity contribution >= 4 is 35.5 Å². The monoisotopic (exact) mass is 417 g/mol. The summed E-state index contributed by atoms with van der Waals surface area (Å²) in [5.41, 5.74) is 10.4. The SMILES string of the molecule is CSCCC(N)C(=O)O.CSCCC(N)C(=O)O.[Mn].[Zn]. The van der Waals surface area contributed by atoms with Gasteiger partial charge in [-0.2, -0.15) is 23.5 Å². The first kappa shape index (κ1) is 28.8. The maximum atomic E-state index is 10.1. The molecule has 10 heteroatoms. The average Bonchev–Trinajstić information content (AvgIpc) is 2.33. The van der Waals surface area contributed by atoms with E-state index in [1.54, 1.807) is 23.5 Å². The standard InChI is InChI=1S/2C5H11NO2S.Mn.Zn/c2*1-9-3-2-4(6)5(7)8;;/h2*4H,2-3,6H2,1H3,(H,7,8);;. The number of thioether (sulfide) groups is 2. The van der Waals surface area contributed by atoms with E-state index >= 15 is 0 Å². The Kier molecular flexibility index (Phi) is 28.4. The third-order valence-electron chi connectivity index (χ3n) is 1.90. The van der Waals surface area contributed by atoms with Gasteiger partial charge in [-0.25, -0.2) is 0 Å². The molecule has 0 aliphatic carbocycles. The van der Waals surface area contributed by atoms with Crippen LogP contribution < -0.4 is 11.5 Å². The van der Waals surface area contributed by atoms with Crippen LogP contribution in [0, 0.1) is 0 Å². The van der Waals surface area contributed by atoms with Gasteiger partial charge in [0, 0.05) is 36.5 Å². The minimum atomic E-state index is -0.913. The Morgan fingerprint density at radius 1 is 0.950 bits per heavy atom. The molecule has 0 saturated carbocycles. The Hall–Kier alpha value is 0.703. The van der Waals surface area contributed by atoms with Gasteiger partial charge in [-0.05, 0) is 36.9 Å². The van der Waals surface area contributed by atoms with Gasteiger partial charge < -0.3 is 21.7 Å². The zero-order valence-corrected chi connectivity index (χ0v) is 17.5. The molecule has 0 aliphatic heterocycles. The van der Waals surface area contributed by atoms with E-state index in [0.29, 0.717) is 12.8 Å². The van der Waals surface area contributed by atoms with Crippen molar-refractivity contribution in [1.82, 2.24) is 0 Å². The van der Waals surface area contributed by atoms with Crippen LogP contribution in [0.1, 0.15) is 12.8 Å². The normalized spacial score (nSPS) is 11.8. The summed E-state index contributed by atoms with van der Waals surface area (Å²) in [6, 6.07) is -1.37. The molecule has 0 aromatic carbocycles.